The van der Waals surface area contributed by atoms with E-state index >= 15 is 0 Å². The average Bonchev–Trinajstić information content (AvgIpc) is 2.57. The summed E-state index contributed by atoms with van der Waals surface area (Å²) in [6.07, 6.45) is 1.84. The van der Waals surface area contributed by atoms with Crippen LogP contribution < -0.4 is 0 Å². The Labute approximate surface area is 73.6 Å². The predicted octanol–water partition coefficient (Wildman–Crippen LogP) is 2.45. The maximum Gasteiger partial charge on any atom is 0.0896 e. The Morgan fingerprint density at radius 2 is 2.08 bits per heavy atom. The third-order valence-electron chi connectivity index (χ3n) is 1.86. The Morgan fingerprint density at radius 1 is 1.33 bits per heavy atom. The molecule has 0 aromatic carbocycles. The summed E-state index contributed by atoms with van der Waals surface area (Å²) >= 11 is 0. The molecule has 1 aliphatic rings. The van der Waals surface area contributed by atoms with Crippen molar-refractivity contribution in [1.29, 1.82) is 0 Å². The summed E-state index contributed by atoms with van der Waals surface area (Å²) in [5, 5.41) is 0. The van der Waals surface area contributed by atoms with Crippen molar-refractivity contribution in [2.45, 2.75) is 34.0 Å². The minimum Gasteiger partial charge on any atom is -0.370 e. The van der Waals surface area contributed by atoms with Crippen LogP contribution in [0.15, 0.2) is 12.3 Å². The second-order valence-electron chi connectivity index (χ2n) is 2.55. The topological polar surface area (TPSA) is 22.1 Å². The van der Waals surface area contributed by atoms with E-state index in [0.717, 1.165) is 12.3 Å². The van der Waals surface area contributed by atoms with Gasteiger partial charge in [-0.3, -0.25) is 4.98 Å². The lowest BCUT2D eigenvalue weighted by molar-refractivity contribution is 0.133. The molecule has 2 heterocycles. The van der Waals surface area contributed by atoms with Gasteiger partial charge in [0.05, 0.1) is 18.9 Å². The molecule has 1 aromatic rings. The standard InChI is InChI=1S/C8H9NO.C2H6/c1-6-2-3-9-8-5-10-4-7(6)8;1-2/h2-3H,4-5H2,1H3;1-2H3. The highest BCUT2D eigenvalue weighted by molar-refractivity contribution is 5.29. The highest BCUT2D eigenvalue weighted by Gasteiger charge is 2.13. The first-order valence-electron chi connectivity index (χ1n) is 4.39. The van der Waals surface area contributed by atoms with Crippen molar-refractivity contribution in [3.8, 4) is 0 Å². The fourth-order valence-electron chi connectivity index (χ4n) is 1.22. The van der Waals surface area contributed by atoms with E-state index in [1.807, 2.05) is 26.1 Å². The maximum atomic E-state index is 5.23. The van der Waals surface area contributed by atoms with Crippen molar-refractivity contribution in [1.82, 2.24) is 4.98 Å². The quantitative estimate of drug-likeness (QED) is 0.589. The van der Waals surface area contributed by atoms with Gasteiger partial charge in [0.1, 0.15) is 0 Å². The lowest BCUT2D eigenvalue weighted by atomic mass is 10.1. The number of aryl methyl sites for hydroxylation is 1. The van der Waals surface area contributed by atoms with Crippen LogP contribution in [0, 0.1) is 6.92 Å². The molecule has 0 fully saturated rings. The summed E-state index contributed by atoms with van der Waals surface area (Å²) in [5.74, 6) is 0. The first kappa shape index (κ1) is 9.20. The van der Waals surface area contributed by atoms with E-state index in [0.29, 0.717) is 6.61 Å². The molecular weight excluding hydrogens is 150 g/mol. The molecule has 0 aliphatic carbocycles. The first-order valence-corrected chi connectivity index (χ1v) is 4.39. The fraction of sp³-hybridized carbons (Fsp3) is 0.500. The van der Waals surface area contributed by atoms with Crippen LogP contribution in [0.25, 0.3) is 0 Å². The van der Waals surface area contributed by atoms with Gasteiger partial charge in [-0.05, 0) is 18.6 Å². The van der Waals surface area contributed by atoms with Crippen LogP contribution in [0.1, 0.15) is 30.7 Å². The monoisotopic (exact) mass is 165 g/mol. The van der Waals surface area contributed by atoms with E-state index in [4.69, 9.17) is 4.74 Å². The molecule has 0 saturated heterocycles. The van der Waals surface area contributed by atoms with Gasteiger partial charge in [0.15, 0.2) is 0 Å². The number of fused-ring (bicyclic) bond motifs is 1. The summed E-state index contributed by atoms with van der Waals surface area (Å²) in [5.41, 5.74) is 3.69. The fourth-order valence-corrected chi connectivity index (χ4v) is 1.22. The molecule has 66 valence electrons. The normalized spacial score (nSPS) is 13.2. The van der Waals surface area contributed by atoms with Crippen molar-refractivity contribution >= 4 is 0 Å². The largest absolute Gasteiger partial charge is 0.370 e. The first-order chi connectivity index (χ1) is 5.88. The van der Waals surface area contributed by atoms with E-state index in [9.17, 15) is 0 Å². The Hall–Kier alpha value is -0.890. The summed E-state index contributed by atoms with van der Waals surface area (Å²) in [7, 11) is 0. The highest BCUT2D eigenvalue weighted by Crippen LogP contribution is 2.19. The van der Waals surface area contributed by atoms with Gasteiger partial charge in [0.25, 0.3) is 0 Å². The smallest absolute Gasteiger partial charge is 0.0896 e. The molecule has 0 N–H and O–H groups in total. The second kappa shape index (κ2) is 4.21. The zero-order valence-electron chi connectivity index (χ0n) is 7.92. The predicted molar refractivity (Wildman–Crippen MR) is 48.8 cm³/mol. The van der Waals surface area contributed by atoms with E-state index in [-0.39, 0.29) is 0 Å². The Balaban J connectivity index is 0.000000336. The Kier molecular flexibility index (Phi) is 3.23. The molecule has 2 heteroatoms. The van der Waals surface area contributed by atoms with Crippen molar-refractivity contribution in [3.63, 3.8) is 0 Å². The summed E-state index contributed by atoms with van der Waals surface area (Å²) in [4.78, 5) is 4.20. The lowest BCUT2D eigenvalue weighted by Gasteiger charge is -1.97. The van der Waals surface area contributed by atoms with Crippen molar-refractivity contribution in [2.24, 2.45) is 0 Å². The van der Waals surface area contributed by atoms with Crippen LogP contribution in [-0.4, -0.2) is 4.98 Å². The lowest BCUT2D eigenvalue weighted by Crippen LogP contribution is -1.89. The number of aromatic nitrogens is 1. The average molecular weight is 165 g/mol. The van der Waals surface area contributed by atoms with Gasteiger partial charge in [-0.1, -0.05) is 13.8 Å². The number of hydrogen-bond acceptors (Lipinski definition) is 2. The van der Waals surface area contributed by atoms with E-state index in [1.54, 1.807) is 0 Å². The number of hydrogen-bond donors (Lipinski definition) is 0. The molecule has 0 unspecified atom stereocenters. The molecule has 1 aromatic heterocycles. The number of nitrogens with zero attached hydrogens (tertiary/aromatic N) is 1. The zero-order chi connectivity index (χ0) is 8.97. The molecule has 1 aliphatic heterocycles. The molecule has 0 spiro atoms. The van der Waals surface area contributed by atoms with Crippen LogP contribution in [0.4, 0.5) is 0 Å². The van der Waals surface area contributed by atoms with E-state index in [1.165, 1.54) is 11.1 Å². The molecular formula is C10H15NO. The molecule has 0 atom stereocenters. The van der Waals surface area contributed by atoms with Crippen LogP contribution in [0.2, 0.25) is 0 Å². The van der Waals surface area contributed by atoms with Gasteiger partial charge in [-0.15, -0.1) is 0 Å². The SMILES string of the molecule is CC.Cc1ccnc2c1COC2. The summed E-state index contributed by atoms with van der Waals surface area (Å²) < 4.78 is 5.23. The van der Waals surface area contributed by atoms with Gasteiger partial charge in [0, 0.05) is 11.8 Å². The van der Waals surface area contributed by atoms with Crippen LogP contribution in [0.5, 0.6) is 0 Å². The highest BCUT2D eigenvalue weighted by atomic mass is 16.5. The molecule has 0 saturated carbocycles. The molecule has 12 heavy (non-hydrogen) atoms. The van der Waals surface area contributed by atoms with Gasteiger partial charge >= 0.3 is 0 Å². The molecule has 2 rings (SSSR count). The van der Waals surface area contributed by atoms with Crippen molar-refractivity contribution < 1.29 is 4.74 Å². The molecule has 0 amide bonds. The second-order valence-corrected chi connectivity index (χ2v) is 2.55. The van der Waals surface area contributed by atoms with Crippen LogP contribution >= 0.6 is 0 Å². The third kappa shape index (κ3) is 1.64. The zero-order valence-corrected chi connectivity index (χ0v) is 7.92. The minimum atomic E-state index is 0.691. The molecule has 0 bridgehead atoms. The van der Waals surface area contributed by atoms with Gasteiger partial charge in [0.2, 0.25) is 0 Å². The van der Waals surface area contributed by atoms with Crippen LogP contribution in [0.3, 0.4) is 0 Å². The van der Waals surface area contributed by atoms with E-state index < -0.39 is 0 Å². The van der Waals surface area contributed by atoms with Gasteiger partial charge in [-0.25, -0.2) is 0 Å². The Morgan fingerprint density at radius 3 is 2.75 bits per heavy atom. The third-order valence-corrected chi connectivity index (χ3v) is 1.86. The van der Waals surface area contributed by atoms with Crippen LogP contribution in [-0.2, 0) is 18.0 Å². The number of ether oxygens (including phenoxy) is 1. The maximum absolute atomic E-state index is 5.23. The van der Waals surface area contributed by atoms with E-state index in [2.05, 4.69) is 11.9 Å². The Bertz CT molecular complexity index is 258. The summed E-state index contributed by atoms with van der Waals surface area (Å²) in [6.45, 7) is 7.53. The molecule has 0 radical (unpaired) electrons. The number of pyridine rings is 1. The van der Waals surface area contributed by atoms with Crippen molar-refractivity contribution in [2.75, 3.05) is 0 Å². The molecule has 2 nitrogen and oxygen atoms in total. The van der Waals surface area contributed by atoms with Crippen molar-refractivity contribution in [3.05, 3.63) is 29.1 Å². The summed E-state index contributed by atoms with van der Waals surface area (Å²) in [6, 6.07) is 2.02. The number of rotatable bonds is 0. The minimum absolute atomic E-state index is 0.691. The van der Waals surface area contributed by atoms with Gasteiger partial charge < -0.3 is 4.74 Å². The van der Waals surface area contributed by atoms with Gasteiger partial charge in [-0.2, -0.15) is 0 Å².